The second-order valence-corrected chi connectivity index (χ2v) is 1.88. The summed E-state index contributed by atoms with van der Waals surface area (Å²) in [5.41, 5.74) is 5.08. The molecule has 0 rings (SSSR count). The van der Waals surface area contributed by atoms with E-state index in [1.807, 2.05) is 0 Å². The van der Waals surface area contributed by atoms with E-state index in [9.17, 15) is 0 Å². The van der Waals surface area contributed by atoms with Crippen LogP contribution in [0.25, 0.3) is 0 Å². The average Bonchev–Trinajstić information content (AvgIpc) is 1.87. The monoisotopic (exact) mass is 146 g/mol. The molecule has 0 fully saturated rings. The van der Waals surface area contributed by atoms with E-state index < -0.39 is 0 Å². The van der Waals surface area contributed by atoms with Crippen molar-refractivity contribution >= 4 is 5.84 Å². The number of hydrogen-bond donors (Lipinski definition) is 2. The lowest BCUT2D eigenvalue weighted by atomic mass is 10.4. The second-order valence-electron chi connectivity index (χ2n) is 1.88. The Morgan fingerprint density at radius 1 is 1.40 bits per heavy atom. The zero-order chi connectivity index (χ0) is 7.82. The molecule has 4 heteroatoms. The third-order valence-electron chi connectivity index (χ3n) is 0.948. The molecule has 0 aliphatic carbocycles. The molecule has 0 atom stereocenters. The van der Waals surface area contributed by atoms with Crippen LogP contribution in [0, 0.1) is 5.41 Å². The summed E-state index contributed by atoms with van der Waals surface area (Å²) in [7, 11) is 1.62. The third kappa shape index (κ3) is 7.39. The average molecular weight is 146 g/mol. The Labute approximate surface area is 60.8 Å². The quantitative estimate of drug-likeness (QED) is 0.314. The van der Waals surface area contributed by atoms with Crippen molar-refractivity contribution in [3.63, 3.8) is 0 Å². The molecule has 0 aromatic heterocycles. The summed E-state index contributed by atoms with van der Waals surface area (Å²) < 4.78 is 9.78. The van der Waals surface area contributed by atoms with Crippen molar-refractivity contribution in [1.29, 1.82) is 5.41 Å². The van der Waals surface area contributed by atoms with Gasteiger partial charge >= 0.3 is 0 Å². The highest BCUT2D eigenvalue weighted by atomic mass is 16.5. The molecule has 10 heavy (non-hydrogen) atoms. The standard InChI is InChI=1S/C6H14N2O2/c1-9-4-5-10-3-2-6(7)8/h2-5H2,1H3,(H3,7,8). The fourth-order valence-electron chi connectivity index (χ4n) is 0.426. The van der Waals surface area contributed by atoms with Gasteiger partial charge in [0.05, 0.1) is 25.7 Å². The molecular weight excluding hydrogens is 132 g/mol. The Hall–Kier alpha value is -0.610. The Bertz CT molecular complexity index is 95.7. The smallest absolute Gasteiger partial charge is 0.0928 e. The van der Waals surface area contributed by atoms with Gasteiger partial charge in [-0.3, -0.25) is 5.41 Å². The SMILES string of the molecule is COCCOCCC(=N)N. The number of hydrogen-bond acceptors (Lipinski definition) is 3. The highest BCUT2D eigenvalue weighted by Crippen LogP contribution is 1.80. The van der Waals surface area contributed by atoms with Crippen LogP contribution < -0.4 is 5.73 Å². The van der Waals surface area contributed by atoms with Gasteiger partial charge in [0, 0.05) is 13.5 Å². The Balaban J connectivity index is 2.84. The van der Waals surface area contributed by atoms with Crippen LogP contribution in [0.3, 0.4) is 0 Å². The first-order valence-corrected chi connectivity index (χ1v) is 3.17. The maximum atomic E-state index is 6.84. The molecule has 0 unspecified atom stereocenters. The highest BCUT2D eigenvalue weighted by molar-refractivity contribution is 5.76. The van der Waals surface area contributed by atoms with Crippen molar-refractivity contribution in [2.75, 3.05) is 26.9 Å². The molecule has 0 radical (unpaired) electrons. The predicted molar refractivity (Wildman–Crippen MR) is 39.2 cm³/mol. The van der Waals surface area contributed by atoms with Gasteiger partial charge in [0.25, 0.3) is 0 Å². The molecule has 0 heterocycles. The van der Waals surface area contributed by atoms with E-state index in [-0.39, 0.29) is 5.84 Å². The van der Waals surface area contributed by atoms with Gasteiger partial charge in [0.2, 0.25) is 0 Å². The van der Waals surface area contributed by atoms with Crippen molar-refractivity contribution in [3.8, 4) is 0 Å². The number of methoxy groups -OCH3 is 1. The maximum absolute atomic E-state index is 6.84. The van der Waals surface area contributed by atoms with Gasteiger partial charge in [-0.1, -0.05) is 0 Å². The number of amidine groups is 1. The normalized spacial score (nSPS) is 9.70. The lowest BCUT2D eigenvalue weighted by Gasteiger charge is -2.00. The molecule has 0 aliphatic heterocycles. The summed E-state index contributed by atoms with van der Waals surface area (Å²) in [5.74, 6) is 0.164. The first-order valence-electron chi connectivity index (χ1n) is 3.17. The van der Waals surface area contributed by atoms with Crippen molar-refractivity contribution < 1.29 is 9.47 Å². The molecular formula is C6H14N2O2. The molecule has 0 aromatic rings. The summed E-state index contributed by atoms with van der Waals surface area (Å²) in [4.78, 5) is 0. The van der Waals surface area contributed by atoms with Crippen molar-refractivity contribution in [2.24, 2.45) is 5.73 Å². The summed E-state index contributed by atoms with van der Waals surface area (Å²) in [6, 6.07) is 0. The van der Waals surface area contributed by atoms with E-state index in [1.165, 1.54) is 0 Å². The maximum Gasteiger partial charge on any atom is 0.0928 e. The van der Waals surface area contributed by atoms with Crippen LogP contribution in [0.2, 0.25) is 0 Å². The van der Waals surface area contributed by atoms with Crippen LogP contribution in [-0.2, 0) is 9.47 Å². The van der Waals surface area contributed by atoms with E-state index in [0.29, 0.717) is 26.2 Å². The van der Waals surface area contributed by atoms with Gasteiger partial charge in [-0.05, 0) is 0 Å². The molecule has 4 nitrogen and oxygen atoms in total. The predicted octanol–water partition coefficient (Wildman–Crippen LogP) is -0.0245. The first kappa shape index (κ1) is 9.39. The van der Waals surface area contributed by atoms with Crippen LogP contribution in [0.5, 0.6) is 0 Å². The van der Waals surface area contributed by atoms with Crippen molar-refractivity contribution in [3.05, 3.63) is 0 Å². The van der Waals surface area contributed by atoms with Gasteiger partial charge < -0.3 is 15.2 Å². The minimum Gasteiger partial charge on any atom is -0.388 e. The zero-order valence-corrected chi connectivity index (χ0v) is 6.22. The minimum atomic E-state index is 0.164. The number of ether oxygens (including phenoxy) is 2. The number of rotatable bonds is 6. The molecule has 0 spiro atoms. The molecule has 0 saturated heterocycles. The molecule has 0 saturated carbocycles. The van der Waals surface area contributed by atoms with E-state index in [2.05, 4.69) is 0 Å². The van der Waals surface area contributed by atoms with Gasteiger partial charge in [-0.25, -0.2) is 0 Å². The molecule has 0 bridgehead atoms. The zero-order valence-electron chi connectivity index (χ0n) is 6.22. The van der Waals surface area contributed by atoms with Gasteiger partial charge in [0.1, 0.15) is 0 Å². The van der Waals surface area contributed by atoms with E-state index in [0.717, 1.165) is 0 Å². The molecule has 0 amide bonds. The summed E-state index contributed by atoms with van der Waals surface area (Å²) in [5, 5.41) is 6.84. The molecule has 60 valence electrons. The van der Waals surface area contributed by atoms with Crippen LogP contribution in [0.4, 0.5) is 0 Å². The fourth-order valence-corrected chi connectivity index (χ4v) is 0.426. The summed E-state index contributed by atoms with van der Waals surface area (Å²) >= 11 is 0. The van der Waals surface area contributed by atoms with Crippen LogP contribution >= 0.6 is 0 Å². The third-order valence-corrected chi connectivity index (χ3v) is 0.948. The lowest BCUT2D eigenvalue weighted by Crippen LogP contribution is -2.13. The molecule has 0 aliphatic rings. The Morgan fingerprint density at radius 2 is 2.10 bits per heavy atom. The van der Waals surface area contributed by atoms with Gasteiger partial charge in [0.15, 0.2) is 0 Å². The van der Waals surface area contributed by atoms with E-state index >= 15 is 0 Å². The van der Waals surface area contributed by atoms with Gasteiger partial charge in [-0.2, -0.15) is 0 Å². The topological polar surface area (TPSA) is 68.3 Å². The largest absolute Gasteiger partial charge is 0.388 e. The second kappa shape index (κ2) is 6.51. The first-order chi connectivity index (χ1) is 4.77. The van der Waals surface area contributed by atoms with Crippen LogP contribution in [0.15, 0.2) is 0 Å². The van der Waals surface area contributed by atoms with Crippen molar-refractivity contribution in [2.45, 2.75) is 6.42 Å². The highest BCUT2D eigenvalue weighted by Gasteiger charge is 1.89. The lowest BCUT2D eigenvalue weighted by molar-refractivity contribution is 0.0742. The summed E-state index contributed by atoms with van der Waals surface area (Å²) in [6.45, 7) is 1.68. The van der Waals surface area contributed by atoms with Crippen LogP contribution in [0.1, 0.15) is 6.42 Å². The Kier molecular flexibility index (Phi) is 6.11. The van der Waals surface area contributed by atoms with Gasteiger partial charge in [-0.15, -0.1) is 0 Å². The molecule has 0 aromatic carbocycles. The summed E-state index contributed by atoms with van der Waals surface area (Å²) in [6.07, 6.45) is 0.504. The number of nitrogens with two attached hydrogens (primary N) is 1. The van der Waals surface area contributed by atoms with E-state index in [4.69, 9.17) is 20.6 Å². The fraction of sp³-hybridized carbons (Fsp3) is 0.833. The van der Waals surface area contributed by atoms with Crippen LogP contribution in [-0.4, -0.2) is 32.8 Å². The minimum absolute atomic E-state index is 0.164. The van der Waals surface area contributed by atoms with Crippen molar-refractivity contribution in [1.82, 2.24) is 0 Å². The van der Waals surface area contributed by atoms with E-state index in [1.54, 1.807) is 7.11 Å². The Morgan fingerprint density at radius 3 is 2.60 bits per heavy atom. The number of nitrogens with one attached hydrogen (secondary N) is 1. The molecule has 3 N–H and O–H groups in total.